The number of ketones is 2. The van der Waals surface area contributed by atoms with Crippen LogP contribution in [0, 0.1) is 0 Å². The highest BCUT2D eigenvalue weighted by Gasteiger charge is 2.08. The minimum absolute atomic E-state index is 0.222. The lowest BCUT2D eigenvalue weighted by Crippen LogP contribution is -2.02. The van der Waals surface area contributed by atoms with E-state index in [0.717, 1.165) is 11.1 Å². The first-order valence-corrected chi connectivity index (χ1v) is 12.4. The molecule has 2 aromatic rings. The third-order valence-electron chi connectivity index (χ3n) is 4.32. The zero-order chi connectivity index (χ0) is 24.1. The molecule has 0 saturated carbocycles. The average Bonchev–Trinajstić information content (AvgIpc) is 2.83. The van der Waals surface area contributed by atoms with Gasteiger partial charge in [0.25, 0.3) is 0 Å². The molecule has 0 spiro atoms. The topological polar surface area (TPSA) is 71.1 Å². The number of halogens is 2. The molecule has 6 nitrogen and oxygen atoms in total. The Kier molecular flexibility index (Phi) is 11.8. The quantitative estimate of drug-likeness (QED) is 0.166. The molecule has 0 fully saturated rings. The van der Waals surface area contributed by atoms with Crippen LogP contribution in [0.5, 0.6) is 23.0 Å². The minimum atomic E-state index is -0.292. The van der Waals surface area contributed by atoms with Crippen molar-refractivity contribution in [2.24, 2.45) is 0 Å². The Morgan fingerprint density at radius 1 is 0.727 bits per heavy atom. The molecule has 0 atom stereocenters. The predicted octanol–water partition coefficient (Wildman–Crippen LogP) is 5.51. The van der Waals surface area contributed by atoms with Gasteiger partial charge < -0.3 is 18.9 Å². The largest absolute Gasteiger partial charge is 0.493 e. The molecule has 0 aromatic heterocycles. The van der Waals surface area contributed by atoms with E-state index in [1.54, 1.807) is 50.6 Å². The molecular formula is C25H26Br2O6. The second-order valence-electron chi connectivity index (χ2n) is 6.67. The van der Waals surface area contributed by atoms with E-state index in [-0.39, 0.29) is 18.0 Å². The van der Waals surface area contributed by atoms with E-state index in [1.807, 2.05) is 12.1 Å². The fourth-order valence-corrected chi connectivity index (χ4v) is 3.10. The number of rotatable bonds is 14. The normalized spacial score (nSPS) is 11.0. The molecule has 0 saturated heterocycles. The third-order valence-corrected chi connectivity index (χ3v) is 4.96. The Morgan fingerprint density at radius 3 is 1.52 bits per heavy atom. The molecule has 0 bridgehead atoms. The van der Waals surface area contributed by atoms with Gasteiger partial charge in [0.15, 0.2) is 34.6 Å². The summed E-state index contributed by atoms with van der Waals surface area (Å²) in [6.45, 7) is 1.03. The molecule has 33 heavy (non-hydrogen) atoms. The number of hydrogen-bond acceptors (Lipinski definition) is 6. The average molecular weight is 582 g/mol. The third kappa shape index (κ3) is 9.06. The number of allylic oxidation sites excluding steroid dienone is 2. The van der Waals surface area contributed by atoms with E-state index < -0.39 is 0 Å². The predicted molar refractivity (Wildman–Crippen MR) is 137 cm³/mol. The van der Waals surface area contributed by atoms with E-state index in [2.05, 4.69) is 31.9 Å². The van der Waals surface area contributed by atoms with E-state index in [4.69, 9.17) is 18.9 Å². The Labute approximate surface area is 210 Å². The number of methoxy groups -OCH3 is 2. The smallest absolute Gasteiger partial charge is 0.163 e. The lowest BCUT2D eigenvalue weighted by molar-refractivity contribution is -0.121. The molecule has 0 aliphatic rings. The minimum Gasteiger partial charge on any atom is -0.493 e. The number of carbonyl (C=O) groups excluding carboxylic acids is 2. The van der Waals surface area contributed by atoms with Crippen molar-refractivity contribution < 1.29 is 28.5 Å². The summed E-state index contributed by atoms with van der Waals surface area (Å²) in [7, 11) is 3.11. The summed E-state index contributed by atoms with van der Waals surface area (Å²) in [5, 5.41) is 1.42. The zero-order valence-electron chi connectivity index (χ0n) is 18.5. The Balaban J connectivity index is 1.95. The standard InChI is InChI=1S/C25H26Br2O6/c1-30-24-15-18(5-9-22(24)32-13-11-26)3-7-20(28)17-21(29)8-4-19-6-10-23(33-14-12-27)25(16-19)31-2/h3-10,15-16H,11-14,17H2,1-2H3/b7-3+,8-4+. The van der Waals surface area contributed by atoms with Gasteiger partial charge in [-0.2, -0.15) is 0 Å². The SMILES string of the molecule is COc1cc(/C=C/C(=O)CC(=O)/C=C/c2ccc(OCCBr)c(OC)c2)ccc1OCCBr. The molecule has 8 heteroatoms. The maximum atomic E-state index is 12.2. The molecule has 0 unspecified atom stereocenters. The van der Waals surface area contributed by atoms with Gasteiger partial charge in [0.1, 0.15) is 0 Å². The molecule has 176 valence electrons. The summed E-state index contributed by atoms with van der Waals surface area (Å²) in [6, 6.07) is 10.7. The first-order valence-electron chi connectivity index (χ1n) is 10.2. The lowest BCUT2D eigenvalue weighted by Gasteiger charge is -2.10. The Hall–Kier alpha value is -2.58. The molecule has 0 heterocycles. The van der Waals surface area contributed by atoms with Gasteiger partial charge in [0.05, 0.1) is 33.9 Å². The van der Waals surface area contributed by atoms with Crippen LogP contribution >= 0.6 is 31.9 Å². The molecule has 0 amide bonds. The van der Waals surface area contributed by atoms with E-state index in [0.29, 0.717) is 46.9 Å². The number of alkyl halides is 2. The van der Waals surface area contributed by atoms with Crippen LogP contribution in [-0.2, 0) is 9.59 Å². The fourth-order valence-electron chi connectivity index (χ4n) is 2.78. The number of hydrogen-bond donors (Lipinski definition) is 0. The van der Waals surface area contributed by atoms with Crippen molar-refractivity contribution in [3.8, 4) is 23.0 Å². The van der Waals surface area contributed by atoms with E-state index in [1.165, 1.54) is 12.2 Å². The van der Waals surface area contributed by atoms with Crippen molar-refractivity contribution in [1.29, 1.82) is 0 Å². The first kappa shape index (κ1) is 26.7. The first-order chi connectivity index (χ1) is 16.0. The van der Waals surface area contributed by atoms with Gasteiger partial charge >= 0.3 is 0 Å². The summed E-state index contributed by atoms with van der Waals surface area (Å²) in [4.78, 5) is 24.4. The second-order valence-corrected chi connectivity index (χ2v) is 8.26. The van der Waals surface area contributed by atoms with Crippen molar-refractivity contribution in [3.05, 3.63) is 59.7 Å². The number of carbonyl (C=O) groups is 2. The number of benzene rings is 2. The van der Waals surface area contributed by atoms with Gasteiger partial charge in [-0.3, -0.25) is 9.59 Å². The molecular weight excluding hydrogens is 556 g/mol. The molecule has 2 aromatic carbocycles. The van der Waals surface area contributed by atoms with Gasteiger partial charge in [-0.25, -0.2) is 0 Å². The molecule has 0 aliphatic heterocycles. The van der Waals surface area contributed by atoms with Gasteiger partial charge in [0, 0.05) is 10.7 Å². The van der Waals surface area contributed by atoms with Crippen molar-refractivity contribution in [3.63, 3.8) is 0 Å². The number of ether oxygens (including phenoxy) is 4. The second kappa shape index (κ2) is 14.5. The molecule has 0 radical (unpaired) electrons. The van der Waals surface area contributed by atoms with Crippen LogP contribution in [-0.4, -0.2) is 49.7 Å². The highest BCUT2D eigenvalue weighted by atomic mass is 79.9. The highest BCUT2D eigenvalue weighted by Crippen LogP contribution is 2.29. The van der Waals surface area contributed by atoms with E-state index in [9.17, 15) is 9.59 Å². The summed E-state index contributed by atoms with van der Waals surface area (Å²) in [5.41, 5.74) is 1.53. The van der Waals surface area contributed by atoms with Crippen LogP contribution in [0.25, 0.3) is 12.2 Å². The van der Waals surface area contributed by atoms with Gasteiger partial charge in [-0.15, -0.1) is 0 Å². The highest BCUT2D eigenvalue weighted by molar-refractivity contribution is 9.09. The summed E-state index contributed by atoms with van der Waals surface area (Å²) in [6.07, 6.45) is 5.84. The van der Waals surface area contributed by atoms with Crippen LogP contribution in [0.2, 0.25) is 0 Å². The van der Waals surface area contributed by atoms with E-state index >= 15 is 0 Å². The van der Waals surface area contributed by atoms with Crippen molar-refractivity contribution in [2.75, 3.05) is 38.1 Å². The maximum absolute atomic E-state index is 12.2. The van der Waals surface area contributed by atoms with Crippen LogP contribution in [0.4, 0.5) is 0 Å². The van der Waals surface area contributed by atoms with Gasteiger partial charge in [0.2, 0.25) is 0 Å². The van der Waals surface area contributed by atoms with Crippen molar-refractivity contribution >= 4 is 55.6 Å². The van der Waals surface area contributed by atoms with Crippen LogP contribution < -0.4 is 18.9 Å². The van der Waals surface area contributed by atoms with Gasteiger partial charge in [-0.1, -0.05) is 56.1 Å². The lowest BCUT2D eigenvalue weighted by atomic mass is 10.1. The summed E-state index contributed by atoms with van der Waals surface area (Å²) in [5.74, 6) is 1.81. The molecule has 0 aliphatic carbocycles. The summed E-state index contributed by atoms with van der Waals surface area (Å²) < 4.78 is 21.8. The van der Waals surface area contributed by atoms with Gasteiger partial charge in [-0.05, 0) is 47.5 Å². The zero-order valence-corrected chi connectivity index (χ0v) is 21.7. The molecule has 2 rings (SSSR count). The fraction of sp³-hybridized carbons (Fsp3) is 0.280. The van der Waals surface area contributed by atoms with Crippen molar-refractivity contribution in [1.82, 2.24) is 0 Å². The van der Waals surface area contributed by atoms with Crippen LogP contribution in [0.3, 0.4) is 0 Å². The van der Waals surface area contributed by atoms with Crippen LogP contribution in [0.15, 0.2) is 48.6 Å². The Morgan fingerprint density at radius 2 is 1.15 bits per heavy atom. The monoisotopic (exact) mass is 580 g/mol. The molecule has 0 N–H and O–H groups in total. The summed E-state index contributed by atoms with van der Waals surface area (Å²) >= 11 is 6.62. The maximum Gasteiger partial charge on any atom is 0.163 e. The van der Waals surface area contributed by atoms with Crippen molar-refractivity contribution in [2.45, 2.75) is 6.42 Å². The Bertz CT molecular complexity index is 921. The van der Waals surface area contributed by atoms with Crippen LogP contribution in [0.1, 0.15) is 17.5 Å².